The average Bonchev–Trinajstić information content (AvgIpc) is 2.84. The number of nitrogens with zero attached hydrogens (tertiary/aromatic N) is 3. The number of rotatable bonds is 6. The predicted octanol–water partition coefficient (Wildman–Crippen LogP) is 2.42. The monoisotopic (exact) mass is 288 g/mol. The molecule has 1 aromatic heterocycles. The first-order valence-corrected chi connectivity index (χ1v) is 7.12. The van der Waals surface area contributed by atoms with Crippen molar-refractivity contribution in [3.63, 3.8) is 0 Å². The highest BCUT2D eigenvalue weighted by Gasteiger charge is 2.18. The Morgan fingerprint density at radius 3 is 2.57 bits per heavy atom. The first-order valence-electron chi connectivity index (χ1n) is 7.12. The molecule has 0 bridgehead atoms. The first-order chi connectivity index (χ1) is 10.1. The van der Waals surface area contributed by atoms with Crippen molar-refractivity contribution in [2.75, 3.05) is 0 Å². The van der Waals surface area contributed by atoms with Crippen LogP contribution in [0.25, 0.3) is 0 Å². The van der Waals surface area contributed by atoms with Gasteiger partial charge >= 0.3 is 0 Å². The lowest BCUT2D eigenvalue weighted by molar-refractivity contribution is -0.385. The van der Waals surface area contributed by atoms with Gasteiger partial charge in [0.15, 0.2) is 0 Å². The van der Waals surface area contributed by atoms with Crippen LogP contribution in [0.4, 0.5) is 5.69 Å². The summed E-state index contributed by atoms with van der Waals surface area (Å²) >= 11 is 0. The zero-order chi connectivity index (χ0) is 15.4. The number of para-hydroxylation sites is 1. The molecule has 0 atom stereocenters. The van der Waals surface area contributed by atoms with Crippen molar-refractivity contribution in [1.82, 2.24) is 9.78 Å². The Morgan fingerprint density at radius 1 is 1.29 bits per heavy atom. The van der Waals surface area contributed by atoms with Gasteiger partial charge in [-0.05, 0) is 12.8 Å². The van der Waals surface area contributed by atoms with Gasteiger partial charge in [0.2, 0.25) is 0 Å². The summed E-state index contributed by atoms with van der Waals surface area (Å²) in [6, 6.07) is 6.78. The lowest BCUT2D eigenvalue weighted by atomic mass is 10.1. The minimum absolute atomic E-state index is 0.127. The normalized spacial score (nSPS) is 10.8. The van der Waals surface area contributed by atoms with Crippen LogP contribution in [0.15, 0.2) is 24.3 Å². The smallest absolute Gasteiger partial charge is 0.274 e. The van der Waals surface area contributed by atoms with Gasteiger partial charge in [-0.25, -0.2) is 0 Å². The van der Waals surface area contributed by atoms with Gasteiger partial charge in [-0.3, -0.25) is 14.8 Å². The molecule has 0 radical (unpaired) electrons. The van der Waals surface area contributed by atoms with Crippen LogP contribution >= 0.6 is 0 Å². The van der Waals surface area contributed by atoms with Crippen LogP contribution in [-0.4, -0.2) is 14.7 Å². The third-order valence-corrected chi connectivity index (χ3v) is 3.63. The minimum atomic E-state index is -0.352. The van der Waals surface area contributed by atoms with Crippen LogP contribution in [0, 0.1) is 10.1 Å². The molecule has 0 fully saturated rings. The van der Waals surface area contributed by atoms with Crippen molar-refractivity contribution in [2.24, 2.45) is 5.73 Å². The molecular weight excluding hydrogens is 268 g/mol. The number of benzene rings is 1. The van der Waals surface area contributed by atoms with E-state index in [0.717, 1.165) is 29.8 Å². The van der Waals surface area contributed by atoms with Gasteiger partial charge in [-0.15, -0.1) is 0 Å². The highest BCUT2D eigenvalue weighted by molar-refractivity contribution is 5.40. The number of nitro groups is 1. The van der Waals surface area contributed by atoms with Gasteiger partial charge < -0.3 is 5.73 Å². The summed E-state index contributed by atoms with van der Waals surface area (Å²) in [6.45, 7) is 4.93. The SMILES string of the molecule is CCc1nn(Cc2ccccc2[N+](=O)[O-])c(CC)c1CN. The van der Waals surface area contributed by atoms with Crippen molar-refractivity contribution >= 4 is 5.69 Å². The van der Waals surface area contributed by atoms with E-state index >= 15 is 0 Å². The maximum absolute atomic E-state index is 11.1. The van der Waals surface area contributed by atoms with Gasteiger partial charge in [-0.1, -0.05) is 32.0 Å². The molecule has 0 saturated carbocycles. The lowest BCUT2D eigenvalue weighted by Gasteiger charge is -2.08. The van der Waals surface area contributed by atoms with Crippen molar-refractivity contribution in [3.05, 3.63) is 56.9 Å². The van der Waals surface area contributed by atoms with Crippen LogP contribution in [0.2, 0.25) is 0 Å². The molecule has 6 nitrogen and oxygen atoms in total. The third-order valence-electron chi connectivity index (χ3n) is 3.63. The van der Waals surface area contributed by atoms with Gasteiger partial charge in [0, 0.05) is 23.9 Å². The zero-order valence-electron chi connectivity index (χ0n) is 12.4. The topological polar surface area (TPSA) is 87.0 Å². The standard InChI is InChI=1S/C15H20N4O2/c1-3-13-12(9-16)14(4-2)18(17-13)10-11-7-5-6-8-15(11)19(20)21/h5-8H,3-4,9-10,16H2,1-2H3. The quantitative estimate of drug-likeness (QED) is 0.653. The second-order valence-corrected chi connectivity index (χ2v) is 4.83. The molecule has 0 aliphatic rings. The summed E-state index contributed by atoms with van der Waals surface area (Å²) in [4.78, 5) is 10.8. The Kier molecular flexibility index (Phi) is 4.70. The van der Waals surface area contributed by atoms with Crippen LogP contribution < -0.4 is 5.73 Å². The fourth-order valence-corrected chi connectivity index (χ4v) is 2.62. The molecule has 0 aliphatic carbocycles. The average molecular weight is 288 g/mol. The van der Waals surface area contributed by atoms with Crippen molar-refractivity contribution < 1.29 is 4.92 Å². The van der Waals surface area contributed by atoms with Crippen molar-refractivity contribution in [1.29, 1.82) is 0 Å². The van der Waals surface area contributed by atoms with Gasteiger partial charge in [-0.2, -0.15) is 5.10 Å². The van der Waals surface area contributed by atoms with Crippen LogP contribution in [0.3, 0.4) is 0 Å². The van der Waals surface area contributed by atoms with E-state index in [9.17, 15) is 10.1 Å². The molecule has 0 aliphatic heterocycles. The Balaban J connectivity index is 2.45. The first kappa shape index (κ1) is 15.2. The summed E-state index contributed by atoms with van der Waals surface area (Å²) in [6.07, 6.45) is 1.61. The summed E-state index contributed by atoms with van der Waals surface area (Å²) < 4.78 is 1.85. The summed E-state index contributed by atoms with van der Waals surface area (Å²) in [5, 5.41) is 15.7. The van der Waals surface area contributed by atoms with Gasteiger partial charge in [0.05, 0.1) is 22.7 Å². The van der Waals surface area contributed by atoms with Crippen molar-refractivity contribution in [3.8, 4) is 0 Å². The number of nitrogens with two attached hydrogens (primary N) is 1. The van der Waals surface area contributed by atoms with E-state index in [0.29, 0.717) is 18.7 Å². The summed E-state index contributed by atoms with van der Waals surface area (Å²) in [5.74, 6) is 0. The molecule has 2 rings (SSSR count). The Bertz CT molecular complexity index is 649. The Hall–Kier alpha value is -2.21. The number of aryl methyl sites for hydroxylation is 1. The maximum Gasteiger partial charge on any atom is 0.274 e. The van der Waals surface area contributed by atoms with Gasteiger partial charge in [0.1, 0.15) is 0 Å². The molecule has 112 valence electrons. The lowest BCUT2D eigenvalue weighted by Crippen LogP contribution is -2.09. The number of aromatic nitrogens is 2. The van der Waals surface area contributed by atoms with E-state index in [2.05, 4.69) is 5.10 Å². The maximum atomic E-state index is 11.1. The molecule has 1 aromatic carbocycles. The molecule has 0 unspecified atom stereocenters. The van der Waals surface area contributed by atoms with Crippen molar-refractivity contribution in [2.45, 2.75) is 39.8 Å². The molecule has 0 saturated heterocycles. The van der Waals surface area contributed by atoms with Crippen LogP contribution in [0.1, 0.15) is 36.4 Å². The largest absolute Gasteiger partial charge is 0.326 e. The predicted molar refractivity (Wildman–Crippen MR) is 81.1 cm³/mol. The Morgan fingerprint density at radius 2 is 2.00 bits per heavy atom. The molecule has 1 heterocycles. The number of hydrogen-bond acceptors (Lipinski definition) is 4. The van der Waals surface area contributed by atoms with E-state index in [-0.39, 0.29) is 10.6 Å². The highest BCUT2D eigenvalue weighted by Crippen LogP contribution is 2.22. The molecule has 21 heavy (non-hydrogen) atoms. The molecule has 2 N–H and O–H groups in total. The molecular formula is C15H20N4O2. The fourth-order valence-electron chi connectivity index (χ4n) is 2.62. The van der Waals surface area contributed by atoms with Crippen LogP contribution in [0.5, 0.6) is 0 Å². The number of nitro benzene ring substituents is 1. The van der Waals surface area contributed by atoms with E-state index in [1.807, 2.05) is 24.6 Å². The second-order valence-electron chi connectivity index (χ2n) is 4.83. The van der Waals surface area contributed by atoms with E-state index in [1.165, 1.54) is 6.07 Å². The molecule has 2 aromatic rings. The third kappa shape index (κ3) is 2.95. The van der Waals surface area contributed by atoms with E-state index < -0.39 is 0 Å². The molecule has 6 heteroatoms. The summed E-state index contributed by atoms with van der Waals surface area (Å²) in [5.41, 5.74) is 9.72. The number of hydrogen-bond donors (Lipinski definition) is 1. The molecule has 0 spiro atoms. The van der Waals surface area contributed by atoms with E-state index in [4.69, 9.17) is 5.73 Å². The van der Waals surface area contributed by atoms with Crippen LogP contribution in [-0.2, 0) is 25.9 Å². The summed E-state index contributed by atoms with van der Waals surface area (Å²) in [7, 11) is 0. The Labute approximate surface area is 123 Å². The molecule has 0 amide bonds. The second kappa shape index (κ2) is 6.49. The minimum Gasteiger partial charge on any atom is -0.326 e. The van der Waals surface area contributed by atoms with Gasteiger partial charge in [0.25, 0.3) is 5.69 Å². The zero-order valence-corrected chi connectivity index (χ0v) is 12.4. The van der Waals surface area contributed by atoms with E-state index in [1.54, 1.807) is 12.1 Å². The highest BCUT2D eigenvalue weighted by atomic mass is 16.6. The fraction of sp³-hybridized carbons (Fsp3) is 0.400.